The van der Waals surface area contributed by atoms with Crippen molar-refractivity contribution in [2.45, 2.75) is 25.2 Å². The van der Waals surface area contributed by atoms with Gasteiger partial charge < -0.3 is 24.3 Å². The van der Waals surface area contributed by atoms with Gasteiger partial charge in [-0.1, -0.05) is 0 Å². The summed E-state index contributed by atoms with van der Waals surface area (Å²) in [6.45, 7) is -0.613. The van der Waals surface area contributed by atoms with Crippen molar-refractivity contribution >= 4 is 23.5 Å². The standard InChI is InChI=1S/C9H15N2O13P3/c12-7-3-4-11(9(13)10-7)8-2-1-6(22-8)5-21-26(17,18)24-27(19,20)23-25(14,15)16/h3-4,6,8H,1-2,5H2,(H,17,18)(H,19,20)(H,10,12,13)(H2,14,15,16)/t6?,8-/m1/s1. The van der Waals surface area contributed by atoms with Gasteiger partial charge in [0.1, 0.15) is 6.23 Å². The molecule has 0 aromatic carbocycles. The van der Waals surface area contributed by atoms with Gasteiger partial charge in [0.15, 0.2) is 0 Å². The van der Waals surface area contributed by atoms with Gasteiger partial charge >= 0.3 is 29.2 Å². The molecule has 1 aliphatic heterocycles. The Balaban J connectivity index is 1.92. The van der Waals surface area contributed by atoms with Crippen molar-refractivity contribution in [2.75, 3.05) is 6.61 Å². The van der Waals surface area contributed by atoms with Crippen molar-refractivity contribution in [1.29, 1.82) is 0 Å². The van der Waals surface area contributed by atoms with Crippen LogP contribution in [0, 0.1) is 0 Å². The number of aromatic amines is 1. The second-order valence-corrected chi connectivity index (χ2v) is 9.61. The summed E-state index contributed by atoms with van der Waals surface area (Å²) in [5.74, 6) is 0. The maximum atomic E-state index is 11.7. The van der Waals surface area contributed by atoms with E-state index >= 15 is 0 Å². The largest absolute Gasteiger partial charge is 0.490 e. The van der Waals surface area contributed by atoms with E-state index in [2.05, 4.69) is 13.1 Å². The summed E-state index contributed by atoms with van der Waals surface area (Å²) in [5.41, 5.74) is -1.32. The first kappa shape index (κ1) is 22.3. The van der Waals surface area contributed by atoms with Crippen LogP contribution < -0.4 is 11.2 Å². The summed E-state index contributed by atoms with van der Waals surface area (Å²) < 4.78 is 51.4. The number of aromatic nitrogens is 2. The molecule has 0 radical (unpaired) electrons. The molecular formula is C9H15N2O13P3. The zero-order valence-electron chi connectivity index (χ0n) is 13.2. The predicted molar refractivity (Wildman–Crippen MR) is 84.3 cm³/mol. The molecule has 2 rings (SSSR count). The van der Waals surface area contributed by atoms with Crippen LogP contribution in [-0.2, 0) is 31.6 Å². The third kappa shape index (κ3) is 7.18. The second-order valence-electron chi connectivity index (χ2n) is 5.19. The molecule has 4 atom stereocenters. The number of nitrogens with zero attached hydrogens (tertiary/aromatic N) is 1. The number of phosphoric acid groups is 3. The number of hydrogen-bond acceptors (Lipinski definition) is 9. The van der Waals surface area contributed by atoms with E-state index in [-0.39, 0.29) is 12.8 Å². The molecule has 1 fully saturated rings. The number of phosphoric ester groups is 1. The van der Waals surface area contributed by atoms with Crippen LogP contribution in [0.25, 0.3) is 0 Å². The molecule has 0 saturated carbocycles. The first-order valence-corrected chi connectivity index (χ1v) is 11.5. The topological polar surface area (TPSA) is 224 Å². The Morgan fingerprint density at radius 3 is 2.37 bits per heavy atom. The fourth-order valence-electron chi connectivity index (χ4n) is 2.15. The average Bonchev–Trinajstić information content (AvgIpc) is 2.90. The average molecular weight is 452 g/mol. The third-order valence-corrected chi connectivity index (χ3v) is 6.89. The molecule has 5 N–H and O–H groups in total. The molecule has 2 heterocycles. The van der Waals surface area contributed by atoms with Crippen LogP contribution in [0.2, 0.25) is 0 Å². The van der Waals surface area contributed by atoms with Crippen LogP contribution >= 0.6 is 23.5 Å². The molecule has 15 nitrogen and oxygen atoms in total. The quantitative estimate of drug-likeness (QED) is 0.316. The predicted octanol–water partition coefficient (Wildman–Crippen LogP) is -0.443. The number of H-pyrrole nitrogens is 1. The minimum atomic E-state index is -5.59. The third-order valence-electron chi connectivity index (χ3n) is 3.09. The van der Waals surface area contributed by atoms with Crippen LogP contribution in [0.4, 0.5) is 0 Å². The molecule has 0 bridgehead atoms. The van der Waals surface area contributed by atoms with Crippen LogP contribution in [-0.4, -0.2) is 41.8 Å². The van der Waals surface area contributed by atoms with Crippen LogP contribution in [0.1, 0.15) is 19.1 Å². The zero-order valence-corrected chi connectivity index (χ0v) is 15.9. The Bertz CT molecular complexity index is 933. The molecule has 1 aromatic rings. The fraction of sp³-hybridized carbons (Fsp3) is 0.556. The molecule has 1 aromatic heterocycles. The van der Waals surface area contributed by atoms with Gasteiger partial charge in [0.25, 0.3) is 5.56 Å². The molecule has 18 heteroatoms. The van der Waals surface area contributed by atoms with Crippen LogP contribution in [0.15, 0.2) is 21.9 Å². The van der Waals surface area contributed by atoms with E-state index in [1.54, 1.807) is 0 Å². The summed E-state index contributed by atoms with van der Waals surface area (Å²) in [5, 5.41) is 0. The van der Waals surface area contributed by atoms with Gasteiger partial charge in [-0.25, -0.2) is 18.5 Å². The maximum absolute atomic E-state index is 11.7. The zero-order chi connectivity index (χ0) is 20.5. The highest BCUT2D eigenvalue weighted by atomic mass is 31.3. The summed E-state index contributed by atoms with van der Waals surface area (Å²) >= 11 is 0. The maximum Gasteiger partial charge on any atom is 0.490 e. The lowest BCUT2D eigenvalue weighted by molar-refractivity contribution is -0.0243. The van der Waals surface area contributed by atoms with E-state index < -0.39 is 53.7 Å². The summed E-state index contributed by atoms with van der Waals surface area (Å²) in [7, 11) is -16.3. The lowest BCUT2D eigenvalue weighted by Crippen LogP contribution is -2.31. The van der Waals surface area contributed by atoms with Crippen molar-refractivity contribution in [1.82, 2.24) is 9.55 Å². The Labute approximate surface area is 150 Å². The van der Waals surface area contributed by atoms with Crippen molar-refractivity contribution < 1.29 is 51.2 Å². The van der Waals surface area contributed by atoms with E-state index in [9.17, 15) is 28.2 Å². The summed E-state index contributed by atoms with van der Waals surface area (Å²) in [6.07, 6.45) is 0.140. The highest BCUT2D eigenvalue weighted by molar-refractivity contribution is 7.66. The molecule has 27 heavy (non-hydrogen) atoms. The number of rotatable bonds is 8. The monoisotopic (exact) mass is 452 g/mol. The highest BCUT2D eigenvalue weighted by Gasteiger charge is 2.41. The van der Waals surface area contributed by atoms with E-state index in [0.717, 1.165) is 10.6 Å². The van der Waals surface area contributed by atoms with E-state index in [1.165, 1.54) is 6.20 Å². The van der Waals surface area contributed by atoms with Gasteiger partial charge in [-0.3, -0.25) is 18.9 Å². The molecular weight excluding hydrogens is 437 g/mol. The van der Waals surface area contributed by atoms with Gasteiger partial charge in [0, 0.05) is 12.3 Å². The van der Waals surface area contributed by atoms with Gasteiger partial charge in [-0.15, -0.1) is 0 Å². The molecule has 0 spiro atoms. The highest BCUT2D eigenvalue weighted by Crippen LogP contribution is 2.66. The Morgan fingerprint density at radius 1 is 1.11 bits per heavy atom. The van der Waals surface area contributed by atoms with Gasteiger partial charge in [0.05, 0.1) is 12.7 Å². The lowest BCUT2D eigenvalue weighted by Gasteiger charge is -2.18. The van der Waals surface area contributed by atoms with Gasteiger partial charge in [-0.05, 0) is 12.8 Å². The minimum Gasteiger partial charge on any atom is -0.352 e. The van der Waals surface area contributed by atoms with Crippen molar-refractivity contribution in [3.63, 3.8) is 0 Å². The molecule has 1 aliphatic rings. The Hall–Kier alpha value is -0.950. The molecule has 154 valence electrons. The van der Waals surface area contributed by atoms with E-state index in [4.69, 9.17) is 19.4 Å². The fourth-order valence-corrected chi connectivity index (χ4v) is 5.20. The SMILES string of the molecule is O=c1ccn([C@H]2CCC(COP(=O)(O)OP(=O)(O)OP(=O)(O)O)O2)c(=O)[nH]1. The minimum absolute atomic E-state index is 0.256. The van der Waals surface area contributed by atoms with Crippen molar-refractivity contribution in [3.8, 4) is 0 Å². The Kier molecular flexibility index (Phi) is 6.78. The summed E-state index contributed by atoms with van der Waals surface area (Å²) in [6, 6.07) is 1.10. The smallest absolute Gasteiger partial charge is 0.352 e. The van der Waals surface area contributed by atoms with Gasteiger partial charge in [-0.2, -0.15) is 8.62 Å². The normalized spacial score (nSPS) is 25.0. The molecule has 3 unspecified atom stereocenters. The molecule has 1 saturated heterocycles. The summed E-state index contributed by atoms with van der Waals surface area (Å²) in [4.78, 5) is 60.0. The van der Waals surface area contributed by atoms with Crippen molar-refractivity contribution in [3.05, 3.63) is 33.1 Å². The van der Waals surface area contributed by atoms with Crippen LogP contribution in [0.5, 0.6) is 0 Å². The first-order valence-electron chi connectivity index (χ1n) is 7.02. The van der Waals surface area contributed by atoms with Crippen molar-refractivity contribution in [2.24, 2.45) is 0 Å². The first-order chi connectivity index (χ1) is 12.3. The molecule has 0 aliphatic carbocycles. The number of ether oxygens (including phenoxy) is 1. The Morgan fingerprint density at radius 2 is 1.78 bits per heavy atom. The number of nitrogens with one attached hydrogen (secondary N) is 1. The van der Waals surface area contributed by atoms with E-state index in [0.29, 0.717) is 0 Å². The number of hydrogen-bond donors (Lipinski definition) is 5. The lowest BCUT2D eigenvalue weighted by atomic mass is 10.2. The van der Waals surface area contributed by atoms with Gasteiger partial charge in [0.2, 0.25) is 0 Å². The van der Waals surface area contributed by atoms with Crippen LogP contribution in [0.3, 0.4) is 0 Å². The second kappa shape index (κ2) is 8.19. The van der Waals surface area contributed by atoms with E-state index in [1.807, 2.05) is 4.98 Å². The molecule has 0 amide bonds.